The summed E-state index contributed by atoms with van der Waals surface area (Å²) in [5.41, 5.74) is 2.43. The van der Waals surface area contributed by atoms with E-state index in [1.165, 1.54) is 18.2 Å². The van der Waals surface area contributed by atoms with Gasteiger partial charge in [-0.15, -0.1) is 0 Å². The highest BCUT2D eigenvalue weighted by molar-refractivity contribution is 5.98. The molecule has 0 saturated carbocycles. The number of ether oxygens (including phenoxy) is 1. The van der Waals surface area contributed by atoms with Gasteiger partial charge in [-0.1, -0.05) is 30.3 Å². The molecule has 160 valence electrons. The number of nitro benzene ring substituents is 1. The Kier molecular flexibility index (Phi) is 5.63. The fraction of sp³-hybridized carbons (Fsp3) is 0.0870. The van der Waals surface area contributed by atoms with E-state index in [-0.39, 0.29) is 16.9 Å². The molecule has 0 bridgehead atoms. The van der Waals surface area contributed by atoms with Gasteiger partial charge in [0.15, 0.2) is 6.61 Å². The molecule has 0 aliphatic rings. The van der Waals surface area contributed by atoms with Crippen molar-refractivity contribution < 1.29 is 19.2 Å². The number of para-hydroxylation sites is 3. The molecule has 9 heteroatoms. The van der Waals surface area contributed by atoms with Crippen molar-refractivity contribution in [3.8, 4) is 5.69 Å². The van der Waals surface area contributed by atoms with E-state index >= 15 is 0 Å². The van der Waals surface area contributed by atoms with Crippen molar-refractivity contribution in [3.63, 3.8) is 0 Å². The lowest BCUT2D eigenvalue weighted by Crippen LogP contribution is -2.21. The van der Waals surface area contributed by atoms with Crippen LogP contribution in [-0.4, -0.2) is 33.0 Å². The lowest BCUT2D eigenvalue weighted by molar-refractivity contribution is -0.383. The van der Waals surface area contributed by atoms with Crippen LogP contribution >= 0.6 is 0 Å². The second kappa shape index (κ2) is 8.68. The molecule has 0 aliphatic heterocycles. The Morgan fingerprint density at radius 2 is 1.78 bits per heavy atom. The molecule has 1 heterocycles. The number of imidazole rings is 1. The molecule has 0 atom stereocenters. The molecule has 3 aromatic carbocycles. The lowest BCUT2D eigenvalue weighted by Gasteiger charge is -2.08. The highest BCUT2D eigenvalue weighted by Gasteiger charge is 2.17. The SMILES string of the molecule is Cc1nc2cc(C(=O)OCC(=O)Nc3ccccc3[N+](=O)[O-])ccc2n1-c1ccccc1. The largest absolute Gasteiger partial charge is 0.452 e. The average molecular weight is 430 g/mol. The first-order valence-electron chi connectivity index (χ1n) is 9.69. The molecule has 4 rings (SSSR count). The first-order chi connectivity index (χ1) is 15.4. The standard InChI is InChI=1S/C23H18N4O5/c1-15-24-19-13-16(11-12-20(19)26(15)17-7-3-2-4-8-17)23(29)32-14-22(28)25-18-9-5-6-10-21(18)27(30)31/h2-13H,14H2,1H3,(H,25,28). The molecular weight excluding hydrogens is 412 g/mol. The monoisotopic (exact) mass is 430 g/mol. The number of rotatable bonds is 6. The number of aryl methyl sites for hydroxylation is 1. The van der Waals surface area contributed by atoms with Gasteiger partial charge in [0.05, 0.1) is 21.5 Å². The Labute approximate surface area is 182 Å². The number of carbonyl (C=O) groups is 2. The highest BCUT2D eigenvalue weighted by Crippen LogP contribution is 2.24. The van der Waals surface area contributed by atoms with E-state index in [0.29, 0.717) is 5.52 Å². The van der Waals surface area contributed by atoms with Gasteiger partial charge in [-0.05, 0) is 43.3 Å². The highest BCUT2D eigenvalue weighted by atomic mass is 16.6. The summed E-state index contributed by atoms with van der Waals surface area (Å²) in [6.07, 6.45) is 0. The zero-order valence-electron chi connectivity index (χ0n) is 17.0. The van der Waals surface area contributed by atoms with Crippen LogP contribution in [0.4, 0.5) is 11.4 Å². The molecule has 0 aliphatic carbocycles. The molecular formula is C23H18N4O5. The van der Waals surface area contributed by atoms with Crippen LogP contribution in [0.15, 0.2) is 72.8 Å². The van der Waals surface area contributed by atoms with E-state index in [2.05, 4.69) is 10.3 Å². The van der Waals surface area contributed by atoms with E-state index in [4.69, 9.17) is 4.74 Å². The number of anilines is 1. The third-order valence-electron chi connectivity index (χ3n) is 4.78. The minimum Gasteiger partial charge on any atom is -0.452 e. The van der Waals surface area contributed by atoms with Crippen LogP contribution < -0.4 is 5.32 Å². The molecule has 9 nitrogen and oxygen atoms in total. The Bertz CT molecular complexity index is 1330. The van der Waals surface area contributed by atoms with Crippen LogP contribution in [0.25, 0.3) is 16.7 Å². The quantitative estimate of drug-likeness (QED) is 0.280. The average Bonchev–Trinajstić information content (AvgIpc) is 3.13. The minimum atomic E-state index is -0.698. The van der Waals surface area contributed by atoms with Crippen LogP contribution in [0.2, 0.25) is 0 Å². The number of hydrogen-bond donors (Lipinski definition) is 1. The zero-order valence-corrected chi connectivity index (χ0v) is 17.0. The predicted molar refractivity (Wildman–Crippen MR) is 118 cm³/mol. The summed E-state index contributed by atoms with van der Waals surface area (Å²) in [5.74, 6) is -0.616. The summed E-state index contributed by atoms with van der Waals surface area (Å²) in [6.45, 7) is 1.29. The molecule has 0 unspecified atom stereocenters. The van der Waals surface area contributed by atoms with Gasteiger partial charge in [-0.25, -0.2) is 9.78 Å². The van der Waals surface area contributed by atoms with Gasteiger partial charge in [0.1, 0.15) is 11.5 Å². The summed E-state index contributed by atoms with van der Waals surface area (Å²) < 4.78 is 7.05. The summed E-state index contributed by atoms with van der Waals surface area (Å²) in [5, 5.41) is 13.4. The number of nitrogens with zero attached hydrogens (tertiary/aromatic N) is 3. The molecule has 1 amide bonds. The predicted octanol–water partition coefficient (Wildman–Crippen LogP) is 4.04. The van der Waals surface area contributed by atoms with Crippen LogP contribution in [0, 0.1) is 17.0 Å². The topological polar surface area (TPSA) is 116 Å². The van der Waals surface area contributed by atoms with Crippen molar-refractivity contribution >= 4 is 34.3 Å². The van der Waals surface area contributed by atoms with Gasteiger partial charge in [-0.2, -0.15) is 0 Å². The van der Waals surface area contributed by atoms with Crippen LogP contribution in [0.5, 0.6) is 0 Å². The second-order valence-electron chi connectivity index (χ2n) is 6.93. The first-order valence-corrected chi connectivity index (χ1v) is 9.69. The number of hydrogen-bond acceptors (Lipinski definition) is 6. The minimum absolute atomic E-state index is 0.0295. The number of nitrogens with one attached hydrogen (secondary N) is 1. The van der Waals surface area contributed by atoms with Crippen LogP contribution in [-0.2, 0) is 9.53 Å². The molecule has 32 heavy (non-hydrogen) atoms. The van der Waals surface area contributed by atoms with Crippen molar-refractivity contribution in [2.45, 2.75) is 6.92 Å². The van der Waals surface area contributed by atoms with Crippen molar-refractivity contribution in [3.05, 3.63) is 94.3 Å². The van der Waals surface area contributed by atoms with Gasteiger partial charge in [-0.3, -0.25) is 19.5 Å². The maximum Gasteiger partial charge on any atom is 0.338 e. The summed E-state index contributed by atoms with van der Waals surface area (Å²) >= 11 is 0. The Morgan fingerprint density at radius 3 is 2.53 bits per heavy atom. The number of esters is 1. The van der Waals surface area contributed by atoms with Gasteiger partial charge in [0, 0.05) is 11.8 Å². The maximum atomic E-state index is 12.4. The molecule has 4 aromatic rings. The van der Waals surface area contributed by atoms with E-state index in [1.54, 1.807) is 24.3 Å². The zero-order chi connectivity index (χ0) is 22.7. The van der Waals surface area contributed by atoms with E-state index in [9.17, 15) is 19.7 Å². The van der Waals surface area contributed by atoms with Crippen molar-refractivity contribution in [2.75, 3.05) is 11.9 Å². The molecule has 0 spiro atoms. The number of aromatic nitrogens is 2. The maximum absolute atomic E-state index is 12.4. The molecule has 0 saturated heterocycles. The summed E-state index contributed by atoms with van der Waals surface area (Å²) in [4.78, 5) is 39.5. The van der Waals surface area contributed by atoms with Gasteiger partial charge in [0.2, 0.25) is 0 Å². The number of nitro groups is 1. The number of fused-ring (bicyclic) bond motifs is 1. The van der Waals surface area contributed by atoms with E-state index in [1.807, 2.05) is 41.8 Å². The van der Waals surface area contributed by atoms with Crippen LogP contribution in [0.3, 0.4) is 0 Å². The molecule has 1 aromatic heterocycles. The number of benzene rings is 3. The van der Waals surface area contributed by atoms with Crippen molar-refractivity contribution in [1.29, 1.82) is 0 Å². The van der Waals surface area contributed by atoms with E-state index < -0.39 is 23.4 Å². The molecule has 0 fully saturated rings. The van der Waals surface area contributed by atoms with E-state index in [0.717, 1.165) is 17.0 Å². The number of carbonyl (C=O) groups excluding carboxylic acids is 2. The van der Waals surface area contributed by atoms with Gasteiger partial charge < -0.3 is 10.1 Å². The Balaban J connectivity index is 1.47. The van der Waals surface area contributed by atoms with Gasteiger partial charge >= 0.3 is 5.97 Å². The lowest BCUT2D eigenvalue weighted by atomic mass is 10.2. The fourth-order valence-corrected chi connectivity index (χ4v) is 3.37. The molecule has 1 N–H and O–H groups in total. The normalized spacial score (nSPS) is 10.7. The smallest absolute Gasteiger partial charge is 0.338 e. The molecule has 0 radical (unpaired) electrons. The van der Waals surface area contributed by atoms with Crippen LogP contribution in [0.1, 0.15) is 16.2 Å². The summed E-state index contributed by atoms with van der Waals surface area (Å²) in [7, 11) is 0. The first kappa shape index (κ1) is 20.7. The van der Waals surface area contributed by atoms with Gasteiger partial charge in [0.25, 0.3) is 11.6 Å². The van der Waals surface area contributed by atoms with Crippen molar-refractivity contribution in [2.24, 2.45) is 0 Å². The number of amides is 1. The van der Waals surface area contributed by atoms with Crippen molar-refractivity contribution in [1.82, 2.24) is 9.55 Å². The fourth-order valence-electron chi connectivity index (χ4n) is 3.37. The Morgan fingerprint density at radius 1 is 1.06 bits per heavy atom. The third-order valence-corrected chi connectivity index (χ3v) is 4.78. The second-order valence-corrected chi connectivity index (χ2v) is 6.93. The Hall–Kier alpha value is -4.53. The summed E-state index contributed by atoms with van der Waals surface area (Å²) in [6, 6.07) is 20.4. The third kappa shape index (κ3) is 4.17.